The first-order valence-electron chi connectivity index (χ1n) is 4.49. The number of alkyl halides is 4. The highest BCUT2D eigenvalue weighted by Crippen LogP contribution is 2.34. The van der Waals surface area contributed by atoms with E-state index in [1.165, 1.54) is 19.1 Å². The van der Waals surface area contributed by atoms with Crippen LogP contribution in [0.4, 0.5) is 17.6 Å². The monoisotopic (exact) mass is 220 g/mol. The van der Waals surface area contributed by atoms with Gasteiger partial charge in [-0.1, -0.05) is 12.1 Å². The molecule has 0 amide bonds. The maximum Gasteiger partial charge on any atom is 0.270 e. The zero-order valence-electron chi connectivity index (χ0n) is 8.74. The summed E-state index contributed by atoms with van der Waals surface area (Å²) >= 11 is 0. The van der Waals surface area contributed by atoms with Gasteiger partial charge in [-0.3, -0.25) is 0 Å². The van der Waals surface area contributed by atoms with Crippen molar-refractivity contribution < 1.29 is 17.6 Å². The Bertz CT molecular complexity index is 358. The fourth-order valence-electron chi connectivity index (χ4n) is 1.37. The molecule has 0 saturated carbocycles. The van der Waals surface area contributed by atoms with E-state index >= 15 is 0 Å². The molecule has 1 aromatic carbocycles. The molecule has 0 bridgehead atoms. The lowest BCUT2D eigenvalue weighted by Gasteiger charge is -2.17. The van der Waals surface area contributed by atoms with E-state index in [2.05, 4.69) is 0 Å². The lowest BCUT2D eigenvalue weighted by Crippen LogP contribution is -2.13. The maximum absolute atomic E-state index is 13.0. The van der Waals surface area contributed by atoms with Crippen molar-refractivity contribution in [2.24, 2.45) is 0 Å². The van der Waals surface area contributed by atoms with Crippen LogP contribution in [0.1, 0.15) is 30.5 Å². The summed E-state index contributed by atoms with van der Waals surface area (Å²) < 4.78 is 51.9. The number of aryl methyl sites for hydroxylation is 1. The van der Waals surface area contributed by atoms with Gasteiger partial charge in [0.15, 0.2) is 0 Å². The highest BCUT2D eigenvalue weighted by molar-refractivity contribution is 5.35. The van der Waals surface area contributed by atoms with Crippen LogP contribution in [0, 0.1) is 6.92 Å². The van der Waals surface area contributed by atoms with Gasteiger partial charge in [0, 0.05) is 25.0 Å². The van der Waals surface area contributed by atoms with Crippen LogP contribution in [0.15, 0.2) is 18.2 Å². The van der Waals surface area contributed by atoms with Crippen LogP contribution in [0.3, 0.4) is 0 Å². The van der Waals surface area contributed by atoms with Gasteiger partial charge in [-0.05, 0) is 18.6 Å². The van der Waals surface area contributed by atoms with E-state index in [4.69, 9.17) is 0 Å². The molecular formula is C11H12F4. The van der Waals surface area contributed by atoms with Crippen LogP contribution in [0.25, 0.3) is 0 Å². The fraction of sp³-hybridized carbons (Fsp3) is 0.455. The minimum absolute atomic E-state index is 0.315. The lowest BCUT2D eigenvalue weighted by molar-refractivity contribution is 0.0102. The van der Waals surface area contributed by atoms with E-state index in [0.29, 0.717) is 19.4 Å². The Morgan fingerprint density at radius 2 is 1.47 bits per heavy atom. The molecule has 1 aromatic rings. The van der Waals surface area contributed by atoms with E-state index in [0.717, 1.165) is 6.07 Å². The van der Waals surface area contributed by atoms with E-state index in [1.807, 2.05) is 0 Å². The molecule has 84 valence electrons. The van der Waals surface area contributed by atoms with Crippen LogP contribution >= 0.6 is 0 Å². The van der Waals surface area contributed by atoms with Crippen LogP contribution in [-0.4, -0.2) is 0 Å². The molecule has 1 rings (SSSR count). The second-order valence-corrected chi connectivity index (χ2v) is 3.81. The zero-order chi connectivity index (χ0) is 11.9. The predicted octanol–water partition coefficient (Wildman–Crippen LogP) is 4.22. The molecule has 0 atom stereocenters. The van der Waals surface area contributed by atoms with Crippen molar-refractivity contribution in [1.82, 2.24) is 0 Å². The molecule has 0 N–H and O–H groups in total. The SMILES string of the molecule is Cc1ccc(C(C)(F)F)cc1C(C)(F)F. The van der Waals surface area contributed by atoms with E-state index < -0.39 is 11.8 Å². The van der Waals surface area contributed by atoms with Gasteiger partial charge in [0.25, 0.3) is 11.8 Å². The summed E-state index contributed by atoms with van der Waals surface area (Å²) in [6.45, 7) is 2.87. The molecule has 0 aliphatic carbocycles. The van der Waals surface area contributed by atoms with E-state index in [9.17, 15) is 17.6 Å². The molecule has 0 aromatic heterocycles. The summed E-state index contributed by atoms with van der Waals surface area (Å²) in [5.74, 6) is -6.18. The second-order valence-electron chi connectivity index (χ2n) is 3.81. The molecule has 0 radical (unpaired) electrons. The fourth-order valence-corrected chi connectivity index (χ4v) is 1.37. The van der Waals surface area contributed by atoms with Crippen molar-refractivity contribution in [2.75, 3.05) is 0 Å². The third kappa shape index (κ3) is 2.70. The van der Waals surface area contributed by atoms with Gasteiger partial charge in [0.2, 0.25) is 0 Å². The average molecular weight is 220 g/mol. The Balaban J connectivity index is 3.30. The second kappa shape index (κ2) is 3.51. The van der Waals surface area contributed by atoms with E-state index in [-0.39, 0.29) is 11.1 Å². The first-order chi connectivity index (χ1) is 6.62. The van der Waals surface area contributed by atoms with Crippen molar-refractivity contribution in [3.63, 3.8) is 0 Å². The molecule has 0 fully saturated rings. The van der Waals surface area contributed by atoms with Crippen molar-refractivity contribution in [1.29, 1.82) is 0 Å². The normalized spacial score (nSPS) is 13.0. The molecule has 0 aliphatic heterocycles. The van der Waals surface area contributed by atoms with Crippen molar-refractivity contribution in [3.8, 4) is 0 Å². The molecule has 0 unspecified atom stereocenters. The minimum Gasteiger partial charge on any atom is -0.202 e. The highest BCUT2D eigenvalue weighted by Gasteiger charge is 2.31. The summed E-state index contributed by atoms with van der Waals surface area (Å²) in [6.07, 6.45) is 0. The summed E-state index contributed by atoms with van der Waals surface area (Å²) in [6, 6.07) is 3.33. The minimum atomic E-state index is -3.09. The highest BCUT2D eigenvalue weighted by atomic mass is 19.3. The summed E-state index contributed by atoms with van der Waals surface area (Å²) in [5.41, 5.74) is -0.415. The number of benzene rings is 1. The Morgan fingerprint density at radius 1 is 0.933 bits per heavy atom. The maximum atomic E-state index is 13.0. The van der Waals surface area contributed by atoms with Gasteiger partial charge < -0.3 is 0 Å². The zero-order valence-corrected chi connectivity index (χ0v) is 8.74. The van der Waals surface area contributed by atoms with Crippen molar-refractivity contribution >= 4 is 0 Å². The van der Waals surface area contributed by atoms with Crippen LogP contribution < -0.4 is 0 Å². The number of rotatable bonds is 2. The first kappa shape index (κ1) is 12.0. The quantitative estimate of drug-likeness (QED) is 0.654. The van der Waals surface area contributed by atoms with Gasteiger partial charge in [0.1, 0.15) is 0 Å². The molecule has 0 spiro atoms. The standard InChI is InChI=1S/C11H12F4/c1-7-4-5-8(10(2,12)13)6-9(7)11(3,14)15/h4-6H,1-3H3. The van der Waals surface area contributed by atoms with Gasteiger partial charge in [-0.2, -0.15) is 0 Å². The average Bonchev–Trinajstić information content (AvgIpc) is 2.00. The number of hydrogen-bond donors (Lipinski definition) is 0. The summed E-state index contributed by atoms with van der Waals surface area (Å²) in [5, 5.41) is 0. The number of halogens is 4. The molecule has 4 heteroatoms. The Morgan fingerprint density at radius 3 is 1.87 bits per heavy atom. The van der Waals surface area contributed by atoms with Crippen molar-refractivity contribution in [3.05, 3.63) is 34.9 Å². The summed E-state index contributed by atoms with van der Waals surface area (Å²) in [4.78, 5) is 0. The third-order valence-electron chi connectivity index (χ3n) is 2.22. The van der Waals surface area contributed by atoms with Gasteiger partial charge in [-0.25, -0.2) is 17.6 Å². The largest absolute Gasteiger partial charge is 0.270 e. The molecule has 15 heavy (non-hydrogen) atoms. The molecule has 0 aliphatic rings. The molecule has 0 saturated heterocycles. The molecular weight excluding hydrogens is 208 g/mol. The van der Waals surface area contributed by atoms with Crippen LogP contribution in [0.2, 0.25) is 0 Å². The number of hydrogen-bond acceptors (Lipinski definition) is 0. The van der Waals surface area contributed by atoms with Crippen LogP contribution in [0.5, 0.6) is 0 Å². The Kier molecular flexibility index (Phi) is 2.81. The van der Waals surface area contributed by atoms with Crippen LogP contribution in [-0.2, 0) is 11.8 Å². The first-order valence-corrected chi connectivity index (χ1v) is 4.49. The predicted molar refractivity (Wildman–Crippen MR) is 50.3 cm³/mol. The summed E-state index contributed by atoms with van der Waals surface area (Å²) in [7, 11) is 0. The topological polar surface area (TPSA) is 0 Å². The third-order valence-corrected chi connectivity index (χ3v) is 2.22. The van der Waals surface area contributed by atoms with E-state index in [1.54, 1.807) is 0 Å². The van der Waals surface area contributed by atoms with Crippen molar-refractivity contribution in [2.45, 2.75) is 32.6 Å². The van der Waals surface area contributed by atoms with Gasteiger partial charge >= 0.3 is 0 Å². The van der Waals surface area contributed by atoms with Gasteiger partial charge in [0.05, 0.1) is 0 Å². The molecule has 0 heterocycles. The Labute approximate surface area is 85.9 Å². The smallest absolute Gasteiger partial charge is 0.202 e. The van der Waals surface area contributed by atoms with Gasteiger partial charge in [-0.15, -0.1) is 0 Å². The lowest BCUT2D eigenvalue weighted by atomic mass is 9.98. The Hall–Kier alpha value is -1.06. The molecule has 0 nitrogen and oxygen atoms in total.